The van der Waals surface area contributed by atoms with Gasteiger partial charge in [0.1, 0.15) is 11.5 Å². The first-order valence-electron chi connectivity index (χ1n) is 9.09. The van der Waals surface area contributed by atoms with Gasteiger partial charge in [-0.05, 0) is 38.3 Å². The maximum absolute atomic E-state index is 12.4. The van der Waals surface area contributed by atoms with Gasteiger partial charge in [0.05, 0.1) is 12.4 Å². The molecule has 5 heteroatoms. The molecule has 0 saturated heterocycles. The van der Waals surface area contributed by atoms with E-state index in [2.05, 4.69) is 46.6 Å². The smallest absolute Gasteiger partial charge is 0.271 e. The number of nitrogens with one attached hydrogen (secondary N) is 2. The maximum atomic E-state index is 12.4. The summed E-state index contributed by atoms with van der Waals surface area (Å²) >= 11 is 0. The summed E-state index contributed by atoms with van der Waals surface area (Å²) in [5.74, 6) is 0.510. The van der Waals surface area contributed by atoms with Crippen LogP contribution in [0.3, 0.4) is 0 Å². The van der Waals surface area contributed by atoms with Crippen molar-refractivity contribution in [2.45, 2.75) is 58.4 Å². The van der Waals surface area contributed by atoms with Crippen LogP contribution >= 0.6 is 0 Å². The number of carbonyl (C=O) groups is 1. The minimum atomic E-state index is -0.127. The Balaban J connectivity index is 1.62. The number of amides is 1. The molecule has 0 unspecified atom stereocenters. The van der Waals surface area contributed by atoms with Gasteiger partial charge in [0.2, 0.25) is 0 Å². The quantitative estimate of drug-likeness (QED) is 0.816. The van der Waals surface area contributed by atoms with Gasteiger partial charge in [-0.1, -0.05) is 43.4 Å². The van der Waals surface area contributed by atoms with E-state index in [1.54, 1.807) is 6.20 Å². The molecule has 0 radical (unpaired) electrons. The van der Waals surface area contributed by atoms with Crippen LogP contribution in [0.5, 0.6) is 0 Å². The minimum absolute atomic E-state index is 0.127. The molecule has 1 fully saturated rings. The van der Waals surface area contributed by atoms with Crippen molar-refractivity contribution in [1.29, 1.82) is 0 Å². The molecule has 1 aliphatic carbocycles. The molecule has 0 aliphatic heterocycles. The second-order valence-corrected chi connectivity index (χ2v) is 6.89. The van der Waals surface area contributed by atoms with E-state index in [-0.39, 0.29) is 11.9 Å². The molecule has 1 aromatic carbocycles. The summed E-state index contributed by atoms with van der Waals surface area (Å²) in [6.45, 7) is 4.12. The lowest BCUT2D eigenvalue weighted by atomic mass is 10.1. The van der Waals surface area contributed by atoms with Crippen molar-refractivity contribution in [3.05, 3.63) is 47.4 Å². The molecule has 1 saturated carbocycles. The Hall–Kier alpha value is -2.43. The van der Waals surface area contributed by atoms with Gasteiger partial charge in [0.25, 0.3) is 5.91 Å². The lowest BCUT2D eigenvalue weighted by Crippen LogP contribution is -2.34. The average molecular weight is 338 g/mol. The Morgan fingerprint density at radius 3 is 2.44 bits per heavy atom. The molecular weight excluding hydrogens is 312 g/mol. The van der Waals surface area contributed by atoms with E-state index in [0.717, 1.165) is 24.1 Å². The summed E-state index contributed by atoms with van der Waals surface area (Å²) in [5, 5.41) is 6.35. The van der Waals surface area contributed by atoms with Gasteiger partial charge in [-0.15, -0.1) is 0 Å². The standard InChI is InChI=1S/C20H26N4O/c1-14-9-10-17(15(2)11-14)24-19-13-21-18(12-22-19)20(25)23-16-7-5-3-4-6-8-16/h9-13,16H,3-8H2,1-2H3,(H,22,24)(H,23,25). The summed E-state index contributed by atoms with van der Waals surface area (Å²) in [6.07, 6.45) is 10.2. The van der Waals surface area contributed by atoms with Crippen molar-refractivity contribution < 1.29 is 4.79 Å². The number of carbonyl (C=O) groups excluding carboxylic acids is 1. The molecule has 25 heavy (non-hydrogen) atoms. The number of nitrogens with zero attached hydrogens (tertiary/aromatic N) is 2. The van der Waals surface area contributed by atoms with Crippen LogP contribution in [0.2, 0.25) is 0 Å². The van der Waals surface area contributed by atoms with E-state index in [9.17, 15) is 4.79 Å². The SMILES string of the molecule is Cc1ccc(Nc2cnc(C(=O)NC3CCCCCC3)cn2)c(C)c1. The highest BCUT2D eigenvalue weighted by Crippen LogP contribution is 2.20. The van der Waals surface area contributed by atoms with Crippen LogP contribution in [0.25, 0.3) is 0 Å². The van der Waals surface area contributed by atoms with E-state index >= 15 is 0 Å². The van der Waals surface area contributed by atoms with Crippen molar-refractivity contribution >= 4 is 17.4 Å². The average Bonchev–Trinajstić information content (AvgIpc) is 2.87. The molecule has 132 valence electrons. The van der Waals surface area contributed by atoms with E-state index < -0.39 is 0 Å². The zero-order valence-corrected chi connectivity index (χ0v) is 15.0. The lowest BCUT2D eigenvalue weighted by molar-refractivity contribution is 0.0928. The summed E-state index contributed by atoms with van der Waals surface area (Å²) in [6, 6.07) is 6.46. The number of anilines is 2. The van der Waals surface area contributed by atoms with E-state index in [0.29, 0.717) is 11.5 Å². The van der Waals surface area contributed by atoms with Gasteiger partial charge >= 0.3 is 0 Å². The molecule has 5 nitrogen and oxygen atoms in total. The maximum Gasteiger partial charge on any atom is 0.271 e. The number of rotatable bonds is 4. The second-order valence-electron chi connectivity index (χ2n) is 6.89. The zero-order chi connectivity index (χ0) is 17.6. The van der Waals surface area contributed by atoms with Crippen molar-refractivity contribution in [3.63, 3.8) is 0 Å². The highest BCUT2D eigenvalue weighted by atomic mass is 16.1. The Kier molecular flexibility index (Phi) is 5.64. The van der Waals surface area contributed by atoms with Crippen LogP contribution in [0.1, 0.15) is 60.1 Å². The molecule has 2 aromatic rings. The van der Waals surface area contributed by atoms with Gasteiger partial charge < -0.3 is 10.6 Å². The number of aryl methyl sites for hydroxylation is 2. The third kappa shape index (κ3) is 4.78. The fourth-order valence-electron chi connectivity index (χ4n) is 3.28. The van der Waals surface area contributed by atoms with Gasteiger partial charge in [-0.3, -0.25) is 4.79 Å². The summed E-state index contributed by atoms with van der Waals surface area (Å²) < 4.78 is 0. The number of hydrogen-bond acceptors (Lipinski definition) is 4. The van der Waals surface area contributed by atoms with Crippen LogP contribution in [0.4, 0.5) is 11.5 Å². The van der Waals surface area contributed by atoms with Crippen molar-refractivity contribution in [2.24, 2.45) is 0 Å². The number of benzene rings is 1. The first-order chi connectivity index (χ1) is 12.1. The zero-order valence-electron chi connectivity index (χ0n) is 15.0. The predicted molar refractivity (Wildman–Crippen MR) is 100 cm³/mol. The fraction of sp³-hybridized carbons (Fsp3) is 0.450. The monoisotopic (exact) mass is 338 g/mol. The van der Waals surface area contributed by atoms with Gasteiger partial charge in [0.15, 0.2) is 0 Å². The van der Waals surface area contributed by atoms with Crippen LogP contribution in [-0.4, -0.2) is 21.9 Å². The summed E-state index contributed by atoms with van der Waals surface area (Å²) in [4.78, 5) is 21.0. The van der Waals surface area contributed by atoms with Crippen molar-refractivity contribution in [3.8, 4) is 0 Å². The van der Waals surface area contributed by atoms with Crippen LogP contribution in [0, 0.1) is 13.8 Å². The highest BCUT2D eigenvalue weighted by Gasteiger charge is 2.16. The number of hydrogen-bond donors (Lipinski definition) is 2. The first kappa shape index (κ1) is 17.4. The molecule has 0 atom stereocenters. The van der Waals surface area contributed by atoms with Gasteiger partial charge in [-0.2, -0.15) is 0 Å². The molecular formula is C20H26N4O. The molecule has 1 aliphatic rings. The predicted octanol–water partition coefficient (Wildman–Crippen LogP) is 4.29. The van der Waals surface area contributed by atoms with Crippen LogP contribution in [-0.2, 0) is 0 Å². The summed E-state index contributed by atoms with van der Waals surface area (Å²) in [7, 11) is 0. The van der Waals surface area contributed by atoms with Crippen molar-refractivity contribution in [1.82, 2.24) is 15.3 Å². The van der Waals surface area contributed by atoms with Gasteiger partial charge in [0, 0.05) is 11.7 Å². The number of aromatic nitrogens is 2. The molecule has 1 heterocycles. The Morgan fingerprint density at radius 2 is 1.80 bits per heavy atom. The van der Waals surface area contributed by atoms with E-state index in [4.69, 9.17) is 0 Å². The topological polar surface area (TPSA) is 66.9 Å². The third-order valence-corrected chi connectivity index (χ3v) is 4.72. The molecule has 3 rings (SSSR count). The molecule has 2 N–H and O–H groups in total. The first-order valence-corrected chi connectivity index (χ1v) is 9.09. The normalized spacial score (nSPS) is 15.4. The van der Waals surface area contributed by atoms with Crippen LogP contribution in [0.15, 0.2) is 30.6 Å². The lowest BCUT2D eigenvalue weighted by Gasteiger charge is -2.15. The largest absolute Gasteiger partial charge is 0.348 e. The Bertz CT molecular complexity index is 719. The van der Waals surface area contributed by atoms with E-state index in [1.807, 2.05) is 6.07 Å². The highest BCUT2D eigenvalue weighted by molar-refractivity contribution is 5.92. The Morgan fingerprint density at radius 1 is 1.04 bits per heavy atom. The third-order valence-electron chi connectivity index (χ3n) is 4.72. The van der Waals surface area contributed by atoms with E-state index in [1.165, 1.54) is 37.4 Å². The van der Waals surface area contributed by atoms with Crippen LogP contribution < -0.4 is 10.6 Å². The molecule has 0 bridgehead atoms. The molecule has 1 aromatic heterocycles. The molecule has 1 amide bonds. The Labute approximate surface area is 149 Å². The van der Waals surface area contributed by atoms with Crippen molar-refractivity contribution in [2.75, 3.05) is 5.32 Å². The summed E-state index contributed by atoms with van der Waals surface area (Å²) in [5.41, 5.74) is 3.74. The minimum Gasteiger partial charge on any atom is -0.348 e. The fourth-order valence-corrected chi connectivity index (χ4v) is 3.28. The second kappa shape index (κ2) is 8.10. The van der Waals surface area contributed by atoms with Gasteiger partial charge in [-0.25, -0.2) is 9.97 Å². The molecule has 0 spiro atoms.